The molecule has 1 unspecified atom stereocenters. The second-order valence-corrected chi connectivity index (χ2v) is 6.11. The molecule has 3 rings (SSSR count). The van der Waals surface area contributed by atoms with Crippen LogP contribution in [-0.2, 0) is 6.54 Å². The molecule has 0 saturated carbocycles. The van der Waals surface area contributed by atoms with Gasteiger partial charge in [-0.15, -0.1) is 0 Å². The van der Waals surface area contributed by atoms with Crippen molar-refractivity contribution in [1.29, 1.82) is 0 Å². The molecule has 2 aromatic rings. The lowest BCUT2D eigenvalue weighted by atomic mass is 9.94. The number of phenols is 1. The van der Waals surface area contributed by atoms with Gasteiger partial charge in [-0.1, -0.05) is 30.3 Å². The third kappa shape index (κ3) is 3.20. The predicted molar refractivity (Wildman–Crippen MR) is 87.3 cm³/mol. The number of rotatable bonds is 4. The summed E-state index contributed by atoms with van der Waals surface area (Å²) in [5.41, 5.74) is 6.75. The Morgan fingerprint density at radius 2 is 2.05 bits per heavy atom. The highest BCUT2D eigenvalue weighted by molar-refractivity contribution is 5.87. The van der Waals surface area contributed by atoms with Crippen molar-refractivity contribution in [2.24, 2.45) is 11.7 Å². The second-order valence-electron chi connectivity index (χ2n) is 6.11. The van der Waals surface area contributed by atoms with Gasteiger partial charge < -0.3 is 10.8 Å². The van der Waals surface area contributed by atoms with E-state index in [4.69, 9.17) is 5.73 Å². The zero-order chi connectivity index (χ0) is 14.7. The van der Waals surface area contributed by atoms with Crippen LogP contribution in [0.15, 0.2) is 36.4 Å². The standard InChI is InChI=1S/C18H24N2O/c19-10-9-14-4-3-11-20(12-14)13-17-16-6-2-1-5-15(16)7-8-18(17)21/h1-2,5-8,14,21H,3-4,9-13,19H2. The van der Waals surface area contributed by atoms with Gasteiger partial charge >= 0.3 is 0 Å². The van der Waals surface area contributed by atoms with E-state index < -0.39 is 0 Å². The summed E-state index contributed by atoms with van der Waals surface area (Å²) in [6.45, 7) is 3.82. The molecule has 1 fully saturated rings. The fourth-order valence-corrected chi connectivity index (χ4v) is 3.48. The van der Waals surface area contributed by atoms with E-state index in [9.17, 15) is 5.11 Å². The Balaban J connectivity index is 1.82. The lowest BCUT2D eigenvalue weighted by molar-refractivity contribution is 0.162. The van der Waals surface area contributed by atoms with Crippen molar-refractivity contribution in [2.75, 3.05) is 19.6 Å². The van der Waals surface area contributed by atoms with Crippen LogP contribution >= 0.6 is 0 Å². The molecule has 0 bridgehead atoms. The highest BCUT2D eigenvalue weighted by Gasteiger charge is 2.20. The van der Waals surface area contributed by atoms with Crippen molar-refractivity contribution < 1.29 is 5.11 Å². The number of benzene rings is 2. The third-order valence-electron chi connectivity index (χ3n) is 4.58. The first-order chi connectivity index (χ1) is 10.3. The van der Waals surface area contributed by atoms with Crippen molar-refractivity contribution in [3.63, 3.8) is 0 Å². The second kappa shape index (κ2) is 6.46. The van der Waals surface area contributed by atoms with Crippen LogP contribution in [0, 0.1) is 5.92 Å². The van der Waals surface area contributed by atoms with E-state index in [1.165, 1.54) is 23.6 Å². The number of phenolic OH excluding ortho intramolecular Hbond substituents is 1. The third-order valence-corrected chi connectivity index (χ3v) is 4.58. The van der Waals surface area contributed by atoms with Gasteiger partial charge in [0.25, 0.3) is 0 Å². The smallest absolute Gasteiger partial charge is 0.120 e. The maximum absolute atomic E-state index is 10.3. The average Bonchev–Trinajstić information content (AvgIpc) is 2.51. The molecular formula is C18H24N2O. The van der Waals surface area contributed by atoms with Gasteiger partial charge in [0.15, 0.2) is 0 Å². The summed E-state index contributed by atoms with van der Waals surface area (Å²) >= 11 is 0. The molecule has 0 aliphatic carbocycles. The molecule has 1 aliphatic heterocycles. The van der Waals surface area contributed by atoms with Crippen molar-refractivity contribution in [2.45, 2.75) is 25.8 Å². The summed E-state index contributed by atoms with van der Waals surface area (Å²) in [4.78, 5) is 2.46. The van der Waals surface area contributed by atoms with E-state index in [0.717, 1.165) is 38.2 Å². The lowest BCUT2D eigenvalue weighted by Gasteiger charge is -2.33. The zero-order valence-electron chi connectivity index (χ0n) is 12.5. The molecule has 0 amide bonds. The largest absolute Gasteiger partial charge is 0.508 e. The predicted octanol–water partition coefficient (Wildman–Crippen LogP) is 3.11. The normalized spacial score (nSPS) is 20.0. The molecule has 1 saturated heterocycles. The number of fused-ring (bicyclic) bond motifs is 1. The SMILES string of the molecule is NCCC1CCCN(Cc2c(O)ccc3ccccc23)C1. The summed E-state index contributed by atoms with van der Waals surface area (Å²) in [7, 11) is 0. The van der Waals surface area contributed by atoms with Crippen LogP contribution in [0.5, 0.6) is 5.75 Å². The van der Waals surface area contributed by atoms with E-state index in [2.05, 4.69) is 17.0 Å². The van der Waals surface area contributed by atoms with Gasteiger partial charge in [-0.2, -0.15) is 0 Å². The van der Waals surface area contributed by atoms with E-state index >= 15 is 0 Å². The molecule has 3 nitrogen and oxygen atoms in total. The number of aromatic hydroxyl groups is 1. The van der Waals surface area contributed by atoms with Gasteiger partial charge in [0, 0.05) is 18.7 Å². The van der Waals surface area contributed by atoms with E-state index in [-0.39, 0.29) is 0 Å². The number of likely N-dealkylation sites (tertiary alicyclic amines) is 1. The topological polar surface area (TPSA) is 49.5 Å². The van der Waals surface area contributed by atoms with Gasteiger partial charge in [-0.3, -0.25) is 4.90 Å². The Kier molecular flexibility index (Phi) is 4.42. The van der Waals surface area contributed by atoms with Crippen LogP contribution in [0.1, 0.15) is 24.8 Å². The number of piperidine rings is 1. The lowest BCUT2D eigenvalue weighted by Crippen LogP contribution is -2.35. The van der Waals surface area contributed by atoms with E-state index in [1.807, 2.05) is 24.3 Å². The molecule has 21 heavy (non-hydrogen) atoms. The van der Waals surface area contributed by atoms with Gasteiger partial charge in [0.05, 0.1) is 0 Å². The molecule has 0 aromatic heterocycles. The molecule has 0 radical (unpaired) electrons. The Bertz CT molecular complexity index is 609. The highest BCUT2D eigenvalue weighted by Crippen LogP contribution is 2.30. The first-order valence-electron chi connectivity index (χ1n) is 7.90. The number of hydrogen-bond acceptors (Lipinski definition) is 3. The van der Waals surface area contributed by atoms with Crippen molar-refractivity contribution in [3.05, 3.63) is 42.0 Å². The van der Waals surface area contributed by atoms with Crippen LogP contribution in [-0.4, -0.2) is 29.6 Å². The molecular weight excluding hydrogens is 260 g/mol. The van der Waals surface area contributed by atoms with Crippen LogP contribution in [0.4, 0.5) is 0 Å². The maximum Gasteiger partial charge on any atom is 0.120 e. The van der Waals surface area contributed by atoms with Crippen LogP contribution < -0.4 is 5.73 Å². The van der Waals surface area contributed by atoms with E-state index in [0.29, 0.717) is 11.7 Å². The van der Waals surface area contributed by atoms with E-state index in [1.54, 1.807) is 0 Å². The van der Waals surface area contributed by atoms with Crippen LogP contribution in [0.25, 0.3) is 10.8 Å². The van der Waals surface area contributed by atoms with Crippen molar-refractivity contribution in [3.8, 4) is 5.75 Å². The zero-order valence-corrected chi connectivity index (χ0v) is 12.5. The fourth-order valence-electron chi connectivity index (χ4n) is 3.48. The van der Waals surface area contributed by atoms with Crippen molar-refractivity contribution in [1.82, 2.24) is 4.90 Å². The minimum absolute atomic E-state index is 0.412. The van der Waals surface area contributed by atoms with Gasteiger partial charge in [0.1, 0.15) is 5.75 Å². The van der Waals surface area contributed by atoms with Gasteiger partial charge in [-0.25, -0.2) is 0 Å². The quantitative estimate of drug-likeness (QED) is 0.907. The molecule has 0 spiro atoms. The minimum atomic E-state index is 0.412. The first-order valence-corrected chi connectivity index (χ1v) is 7.90. The number of nitrogens with two attached hydrogens (primary N) is 1. The van der Waals surface area contributed by atoms with Gasteiger partial charge in [0.2, 0.25) is 0 Å². The fraction of sp³-hybridized carbons (Fsp3) is 0.444. The highest BCUT2D eigenvalue weighted by atomic mass is 16.3. The molecule has 3 heteroatoms. The molecule has 112 valence electrons. The number of nitrogens with zero attached hydrogens (tertiary/aromatic N) is 1. The molecule has 1 atom stereocenters. The Morgan fingerprint density at radius 1 is 1.19 bits per heavy atom. The molecule has 1 heterocycles. The van der Waals surface area contributed by atoms with Gasteiger partial charge in [-0.05, 0) is 55.1 Å². The monoisotopic (exact) mass is 284 g/mol. The average molecular weight is 284 g/mol. The Hall–Kier alpha value is -1.58. The summed E-state index contributed by atoms with van der Waals surface area (Å²) < 4.78 is 0. The summed E-state index contributed by atoms with van der Waals surface area (Å²) in [6, 6.07) is 12.1. The molecule has 1 aliphatic rings. The molecule has 2 aromatic carbocycles. The number of hydrogen-bond donors (Lipinski definition) is 2. The summed E-state index contributed by atoms with van der Waals surface area (Å²) in [5.74, 6) is 1.12. The molecule has 3 N–H and O–H groups in total. The van der Waals surface area contributed by atoms with Crippen LogP contribution in [0.2, 0.25) is 0 Å². The van der Waals surface area contributed by atoms with Crippen LogP contribution in [0.3, 0.4) is 0 Å². The Labute approximate surface area is 126 Å². The Morgan fingerprint density at radius 3 is 2.90 bits per heavy atom. The maximum atomic E-state index is 10.3. The first kappa shape index (κ1) is 14.4. The minimum Gasteiger partial charge on any atom is -0.508 e. The summed E-state index contributed by atoms with van der Waals surface area (Å²) in [6.07, 6.45) is 3.63. The van der Waals surface area contributed by atoms with Crippen molar-refractivity contribution >= 4 is 10.8 Å². The summed E-state index contributed by atoms with van der Waals surface area (Å²) in [5, 5.41) is 12.6.